The van der Waals surface area contributed by atoms with Crippen LogP contribution in [0.1, 0.15) is 42.7 Å². The second kappa shape index (κ2) is 7.09. The van der Waals surface area contributed by atoms with Gasteiger partial charge in [0.05, 0.1) is 6.42 Å². The molecule has 2 N–H and O–H groups in total. The number of piperidine rings is 1. The van der Waals surface area contributed by atoms with E-state index in [0.717, 1.165) is 37.4 Å². The molecule has 3 rings (SSSR count). The van der Waals surface area contributed by atoms with Gasteiger partial charge in [-0.25, -0.2) is 0 Å². The van der Waals surface area contributed by atoms with E-state index in [1.165, 1.54) is 18.4 Å². The molecule has 0 unspecified atom stereocenters. The van der Waals surface area contributed by atoms with Crippen LogP contribution >= 0.6 is 12.4 Å². The van der Waals surface area contributed by atoms with Crippen LogP contribution in [0.2, 0.25) is 0 Å². The second-order valence-corrected chi connectivity index (χ2v) is 5.78. The molecule has 1 aliphatic carbocycles. The molecule has 0 spiro atoms. The predicted octanol–water partition coefficient (Wildman–Crippen LogP) is 2.40. The van der Waals surface area contributed by atoms with Gasteiger partial charge in [0.15, 0.2) is 0 Å². The zero-order chi connectivity index (χ0) is 13.1. The highest BCUT2D eigenvalue weighted by atomic mass is 35.5. The molecule has 3 nitrogen and oxygen atoms in total. The lowest BCUT2D eigenvalue weighted by atomic mass is 10.0. The summed E-state index contributed by atoms with van der Waals surface area (Å²) in [6, 6.07) is 8.94. The lowest BCUT2D eigenvalue weighted by molar-refractivity contribution is -0.121. The first-order valence-electron chi connectivity index (χ1n) is 7.40. The number of carbonyl (C=O) groups is 1. The van der Waals surface area contributed by atoms with E-state index in [1.54, 1.807) is 0 Å². The molecular formula is C16H23ClN2O. The normalized spacial score (nSPS) is 19.2. The molecule has 110 valence electrons. The lowest BCUT2D eigenvalue weighted by Gasteiger charge is -2.23. The van der Waals surface area contributed by atoms with E-state index in [1.807, 2.05) is 0 Å². The van der Waals surface area contributed by atoms with Crippen LogP contribution in [0.25, 0.3) is 0 Å². The molecule has 1 heterocycles. The zero-order valence-corrected chi connectivity index (χ0v) is 12.5. The highest BCUT2D eigenvalue weighted by Gasteiger charge is 2.23. The first-order chi connectivity index (χ1) is 9.31. The van der Waals surface area contributed by atoms with E-state index >= 15 is 0 Å². The summed E-state index contributed by atoms with van der Waals surface area (Å²) in [5.74, 6) is 0.948. The molecule has 0 aromatic heterocycles. The lowest BCUT2D eigenvalue weighted by Crippen LogP contribution is -2.43. The van der Waals surface area contributed by atoms with E-state index in [-0.39, 0.29) is 18.3 Å². The molecule has 1 aromatic rings. The summed E-state index contributed by atoms with van der Waals surface area (Å²) in [6.45, 7) is 2.03. The summed E-state index contributed by atoms with van der Waals surface area (Å²) in [6.07, 6.45) is 5.26. The number of benzene rings is 1. The summed E-state index contributed by atoms with van der Waals surface area (Å²) in [5, 5.41) is 6.45. The molecule has 20 heavy (non-hydrogen) atoms. The first-order valence-corrected chi connectivity index (χ1v) is 7.40. The van der Waals surface area contributed by atoms with Gasteiger partial charge in [-0.1, -0.05) is 24.3 Å². The van der Waals surface area contributed by atoms with Crippen molar-refractivity contribution >= 4 is 18.3 Å². The summed E-state index contributed by atoms with van der Waals surface area (Å²) in [5.41, 5.74) is 2.55. The van der Waals surface area contributed by atoms with Crippen LogP contribution in [0.15, 0.2) is 24.3 Å². The fourth-order valence-electron chi connectivity index (χ4n) is 2.75. The summed E-state index contributed by atoms with van der Waals surface area (Å²) in [7, 11) is 0. The monoisotopic (exact) mass is 294 g/mol. The van der Waals surface area contributed by atoms with Crippen LogP contribution in [0.5, 0.6) is 0 Å². The van der Waals surface area contributed by atoms with Gasteiger partial charge in [-0.15, -0.1) is 12.4 Å². The molecule has 1 saturated heterocycles. The topological polar surface area (TPSA) is 41.1 Å². The number of hydrogen-bond donors (Lipinski definition) is 2. The number of amides is 1. The fraction of sp³-hybridized carbons (Fsp3) is 0.562. The maximum absolute atomic E-state index is 12.0. The van der Waals surface area contributed by atoms with Crippen molar-refractivity contribution in [3.8, 4) is 0 Å². The Balaban J connectivity index is 0.00000147. The van der Waals surface area contributed by atoms with E-state index in [4.69, 9.17) is 0 Å². The first kappa shape index (κ1) is 15.3. The number of carbonyl (C=O) groups excluding carboxylic acids is 1. The Morgan fingerprint density at radius 2 is 1.75 bits per heavy atom. The Labute approximate surface area is 126 Å². The molecule has 1 aromatic carbocycles. The molecule has 0 bridgehead atoms. The Bertz CT molecular complexity index is 436. The standard InChI is InChI=1S/C16H22N2O.ClH/c19-16(18-15-7-9-17-10-8-15)11-12-1-3-13(4-2-12)14-5-6-14;/h1-4,14-15,17H,5-11H2,(H,18,19);1H. The van der Waals surface area contributed by atoms with Gasteiger partial charge in [-0.05, 0) is 55.8 Å². The highest BCUT2D eigenvalue weighted by molar-refractivity contribution is 5.85. The number of hydrogen-bond acceptors (Lipinski definition) is 2. The predicted molar refractivity (Wildman–Crippen MR) is 83.4 cm³/mol. The minimum absolute atomic E-state index is 0. The average Bonchev–Trinajstić information content (AvgIpc) is 3.25. The molecule has 1 saturated carbocycles. The summed E-state index contributed by atoms with van der Waals surface area (Å²) in [4.78, 5) is 12.0. The molecular weight excluding hydrogens is 272 g/mol. The van der Waals surface area contributed by atoms with Crippen LogP contribution in [-0.2, 0) is 11.2 Å². The number of halogens is 1. The smallest absolute Gasteiger partial charge is 0.224 e. The van der Waals surface area contributed by atoms with Gasteiger partial charge in [-0.3, -0.25) is 4.79 Å². The van der Waals surface area contributed by atoms with Gasteiger partial charge < -0.3 is 10.6 Å². The molecule has 2 aliphatic rings. The van der Waals surface area contributed by atoms with Crippen LogP contribution in [0.4, 0.5) is 0 Å². The van der Waals surface area contributed by atoms with Crippen molar-refractivity contribution in [2.45, 2.75) is 44.1 Å². The van der Waals surface area contributed by atoms with Crippen molar-refractivity contribution < 1.29 is 4.79 Å². The van der Waals surface area contributed by atoms with Crippen LogP contribution in [0.3, 0.4) is 0 Å². The number of rotatable bonds is 4. The SMILES string of the molecule is Cl.O=C(Cc1ccc(C2CC2)cc1)NC1CCNCC1. The van der Waals surface area contributed by atoms with Crippen molar-refractivity contribution in [3.63, 3.8) is 0 Å². The quantitative estimate of drug-likeness (QED) is 0.895. The fourth-order valence-corrected chi connectivity index (χ4v) is 2.75. The van der Waals surface area contributed by atoms with Crippen molar-refractivity contribution in [2.75, 3.05) is 13.1 Å². The molecule has 0 radical (unpaired) electrons. The highest BCUT2D eigenvalue weighted by Crippen LogP contribution is 2.39. The second-order valence-electron chi connectivity index (χ2n) is 5.78. The van der Waals surface area contributed by atoms with Gasteiger partial charge in [0.1, 0.15) is 0 Å². The summed E-state index contributed by atoms with van der Waals surface area (Å²) < 4.78 is 0. The van der Waals surface area contributed by atoms with E-state index in [0.29, 0.717) is 12.5 Å². The average molecular weight is 295 g/mol. The van der Waals surface area contributed by atoms with Crippen LogP contribution in [-0.4, -0.2) is 25.0 Å². The minimum atomic E-state index is 0. The Hall–Kier alpha value is -1.06. The van der Waals surface area contributed by atoms with Gasteiger partial charge in [0.2, 0.25) is 5.91 Å². The third-order valence-corrected chi connectivity index (χ3v) is 4.10. The van der Waals surface area contributed by atoms with Crippen molar-refractivity contribution in [1.82, 2.24) is 10.6 Å². The van der Waals surface area contributed by atoms with Gasteiger partial charge in [0, 0.05) is 6.04 Å². The van der Waals surface area contributed by atoms with Crippen molar-refractivity contribution in [1.29, 1.82) is 0 Å². The van der Waals surface area contributed by atoms with E-state index in [9.17, 15) is 4.79 Å². The largest absolute Gasteiger partial charge is 0.353 e. The maximum atomic E-state index is 12.0. The van der Waals surface area contributed by atoms with Crippen LogP contribution < -0.4 is 10.6 Å². The Kier molecular flexibility index (Phi) is 5.44. The van der Waals surface area contributed by atoms with Gasteiger partial charge in [0.25, 0.3) is 0 Å². The van der Waals surface area contributed by atoms with Crippen LogP contribution in [0, 0.1) is 0 Å². The third kappa shape index (κ3) is 4.22. The molecule has 1 aliphatic heterocycles. The van der Waals surface area contributed by atoms with E-state index in [2.05, 4.69) is 34.9 Å². The molecule has 0 atom stereocenters. The minimum Gasteiger partial charge on any atom is -0.353 e. The molecule has 2 fully saturated rings. The number of nitrogens with one attached hydrogen (secondary N) is 2. The van der Waals surface area contributed by atoms with Gasteiger partial charge >= 0.3 is 0 Å². The molecule has 1 amide bonds. The summed E-state index contributed by atoms with van der Waals surface area (Å²) >= 11 is 0. The Morgan fingerprint density at radius 3 is 2.35 bits per heavy atom. The Morgan fingerprint density at radius 1 is 1.10 bits per heavy atom. The van der Waals surface area contributed by atoms with Gasteiger partial charge in [-0.2, -0.15) is 0 Å². The van der Waals surface area contributed by atoms with E-state index < -0.39 is 0 Å². The third-order valence-electron chi connectivity index (χ3n) is 4.10. The van der Waals surface area contributed by atoms with Crippen molar-refractivity contribution in [3.05, 3.63) is 35.4 Å². The maximum Gasteiger partial charge on any atom is 0.224 e. The molecule has 4 heteroatoms. The zero-order valence-electron chi connectivity index (χ0n) is 11.7. The van der Waals surface area contributed by atoms with Crippen molar-refractivity contribution in [2.24, 2.45) is 0 Å².